The van der Waals surface area contributed by atoms with E-state index in [-0.39, 0.29) is 6.42 Å². The number of fused-ring (bicyclic) bond motifs is 1. The first-order valence-corrected chi connectivity index (χ1v) is 5.41. The molecular weight excluding hydrogens is 247 g/mol. The third kappa shape index (κ3) is 1.22. The van der Waals surface area contributed by atoms with Crippen molar-refractivity contribution in [2.24, 2.45) is 0 Å². The number of aromatic nitrogens is 2. The highest BCUT2D eigenvalue weighted by molar-refractivity contribution is 5.28. The minimum Gasteiger partial charge on any atom is -0.394 e. The highest BCUT2D eigenvalue weighted by atomic mass is 19.1. The molecule has 1 aromatic heterocycles. The maximum atomic E-state index is 14.4. The molecule has 2 fully saturated rings. The number of alkyl halides is 1. The zero-order valence-corrected chi connectivity index (χ0v) is 9.17. The smallest absolute Gasteiger partial charge is 0.330 e. The Morgan fingerprint density at radius 2 is 2.33 bits per heavy atom. The Labute approximate surface area is 99.4 Å². The van der Waals surface area contributed by atoms with E-state index in [0.717, 1.165) is 16.8 Å². The Bertz CT molecular complexity index is 613. The molecule has 0 aromatic carbocycles. The summed E-state index contributed by atoms with van der Waals surface area (Å²) in [5, 5.41) is 18.9. The maximum Gasteiger partial charge on any atom is 0.330 e. The van der Waals surface area contributed by atoms with Gasteiger partial charge < -0.3 is 14.9 Å². The van der Waals surface area contributed by atoms with Crippen molar-refractivity contribution in [3.63, 3.8) is 0 Å². The summed E-state index contributed by atoms with van der Waals surface area (Å²) in [6.45, 7) is -0.545. The van der Waals surface area contributed by atoms with E-state index in [1.54, 1.807) is 0 Å². The van der Waals surface area contributed by atoms with Gasteiger partial charge in [-0.1, -0.05) is 0 Å². The standard InChI is InChI=1S/C10H11FN2O5/c11-9-4-10(9,17)5(3-14)18-7(9)13-2-1-6(15)12-8(13)16/h1-2,5,7,14,17H,3-4H2,(H,12,15,16)/t5-,7-,9?,10?/m1/s1. The normalized spacial score (nSPS) is 41.7. The highest BCUT2D eigenvalue weighted by Gasteiger charge is 2.82. The summed E-state index contributed by atoms with van der Waals surface area (Å²) in [7, 11) is 0. The van der Waals surface area contributed by atoms with Crippen LogP contribution in [0.2, 0.25) is 0 Å². The molecule has 1 aliphatic carbocycles. The van der Waals surface area contributed by atoms with E-state index >= 15 is 0 Å². The van der Waals surface area contributed by atoms with E-state index in [4.69, 9.17) is 9.84 Å². The largest absolute Gasteiger partial charge is 0.394 e. The van der Waals surface area contributed by atoms with Gasteiger partial charge in [-0.3, -0.25) is 14.3 Å². The van der Waals surface area contributed by atoms with Crippen molar-refractivity contribution in [2.75, 3.05) is 6.61 Å². The first-order chi connectivity index (χ1) is 8.42. The molecule has 0 amide bonds. The second-order valence-corrected chi connectivity index (χ2v) is 4.64. The number of H-pyrrole nitrogens is 1. The monoisotopic (exact) mass is 258 g/mol. The van der Waals surface area contributed by atoms with Gasteiger partial charge in [0.15, 0.2) is 11.9 Å². The lowest BCUT2D eigenvalue weighted by atomic mass is 10.1. The number of aromatic amines is 1. The molecule has 2 heterocycles. The number of nitrogens with zero attached hydrogens (tertiary/aromatic N) is 1. The number of rotatable bonds is 2. The van der Waals surface area contributed by atoms with Gasteiger partial charge in [0, 0.05) is 18.7 Å². The first-order valence-electron chi connectivity index (χ1n) is 5.41. The van der Waals surface area contributed by atoms with Crippen molar-refractivity contribution in [1.82, 2.24) is 9.55 Å². The number of ether oxygens (including phenoxy) is 1. The van der Waals surface area contributed by atoms with Crippen LogP contribution < -0.4 is 11.2 Å². The third-order valence-corrected chi connectivity index (χ3v) is 3.61. The van der Waals surface area contributed by atoms with Crippen molar-refractivity contribution in [3.05, 3.63) is 33.1 Å². The molecule has 98 valence electrons. The van der Waals surface area contributed by atoms with Gasteiger partial charge in [0.1, 0.15) is 11.7 Å². The fourth-order valence-corrected chi connectivity index (χ4v) is 2.50. The van der Waals surface area contributed by atoms with Gasteiger partial charge in [-0.05, 0) is 0 Å². The molecule has 1 aliphatic heterocycles. The van der Waals surface area contributed by atoms with Crippen LogP contribution in [-0.4, -0.2) is 43.7 Å². The zero-order valence-electron chi connectivity index (χ0n) is 9.17. The fourth-order valence-electron chi connectivity index (χ4n) is 2.50. The lowest BCUT2D eigenvalue weighted by molar-refractivity contribution is -0.0884. The van der Waals surface area contributed by atoms with Gasteiger partial charge in [0.05, 0.1) is 6.61 Å². The molecule has 2 aliphatic rings. The second kappa shape index (κ2) is 3.28. The zero-order chi connectivity index (χ0) is 13.1. The van der Waals surface area contributed by atoms with Crippen LogP contribution in [0, 0.1) is 0 Å². The maximum absolute atomic E-state index is 14.4. The SMILES string of the molecule is O=c1ccn([C@@H]2O[C@H](CO)C3(O)CC23F)c(=O)[nH]1. The molecule has 3 rings (SSSR count). The predicted molar refractivity (Wildman–Crippen MR) is 55.7 cm³/mol. The van der Waals surface area contributed by atoms with E-state index in [2.05, 4.69) is 0 Å². The Morgan fingerprint density at radius 3 is 2.89 bits per heavy atom. The van der Waals surface area contributed by atoms with Crippen LogP contribution in [0.5, 0.6) is 0 Å². The van der Waals surface area contributed by atoms with Gasteiger partial charge in [0.25, 0.3) is 5.56 Å². The van der Waals surface area contributed by atoms with E-state index in [9.17, 15) is 19.1 Å². The van der Waals surface area contributed by atoms with E-state index in [1.165, 1.54) is 0 Å². The van der Waals surface area contributed by atoms with Crippen LogP contribution in [0.3, 0.4) is 0 Å². The summed E-state index contributed by atoms with van der Waals surface area (Å²) < 4.78 is 20.4. The molecular formula is C10H11FN2O5. The van der Waals surface area contributed by atoms with Crippen LogP contribution in [0.4, 0.5) is 4.39 Å². The number of aliphatic hydroxyl groups excluding tert-OH is 1. The quantitative estimate of drug-likeness (QED) is 0.584. The van der Waals surface area contributed by atoms with Crippen molar-refractivity contribution in [1.29, 1.82) is 0 Å². The molecule has 1 saturated heterocycles. The Kier molecular flexibility index (Phi) is 2.11. The highest BCUT2D eigenvalue weighted by Crippen LogP contribution is 2.65. The van der Waals surface area contributed by atoms with Gasteiger partial charge >= 0.3 is 5.69 Å². The number of aliphatic hydroxyl groups is 2. The number of halogens is 1. The number of hydrogen-bond donors (Lipinski definition) is 3. The Balaban J connectivity index is 2.04. The molecule has 18 heavy (non-hydrogen) atoms. The average Bonchev–Trinajstić information content (AvgIpc) is 2.79. The molecule has 1 saturated carbocycles. The van der Waals surface area contributed by atoms with Crippen LogP contribution in [-0.2, 0) is 4.74 Å². The Hall–Kier alpha value is -1.51. The van der Waals surface area contributed by atoms with Crippen LogP contribution >= 0.6 is 0 Å². The van der Waals surface area contributed by atoms with Gasteiger partial charge in [-0.15, -0.1) is 0 Å². The fraction of sp³-hybridized carbons (Fsp3) is 0.600. The lowest BCUT2D eigenvalue weighted by Crippen LogP contribution is -2.36. The molecule has 8 heteroatoms. The second-order valence-electron chi connectivity index (χ2n) is 4.64. The molecule has 0 bridgehead atoms. The minimum atomic E-state index is -2.11. The predicted octanol–water partition coefficient (Wildman–Crippen LogP) is -1.73. The number of nitrogens with one attached hydrogen (secondary N) is 1. The van der Waals surface area contributed by atoms with Crippen LogP contribution in [0.25, 0.3) is 0 Å². The topological polar surface area (TPSA) is 105 Å². The van der Waals surface area contributed by atoms with Crippen LogP contribution in [0.15, 0.2) is 21.9 Å². The summed E-state index contributed by atoms with van der Waals surface area (Å²) >= 11 is 0. The molecule has 7 nitrogen and oxygen atoms in total. The third-order valence-electron chi connectivity index (χ3n) is 3.61. The number of hydrogen-bond acceptors (Lipinski definition) is 5. The summed E-state index contributed by atoms with van der Waals surface area (Å²) in [5.41, 5.74) is -5.30. The van der Waals surface area contributed by atoms with Gasteiger partial charge in [0.2, 0.25) is 0 Å². The van der Waals surface area contributed by atoms with Gasteiger partial charge in [-0.2, -0.15) is 0 Å². The molecule has 4 atom stereocenters. The van der Waals surface area contributed by atoms with E-state index in [0.29, 0.717) is 0 Å². The average molecular weight is 258 g/mol. The Morgan fingerprint density at radius 1 is 1.61 bits per heavy atom. The molecule has 3 N–H and O–H groups in total. The van der Waals surface area contributed by atoms with Crippen molar-refractivity contribution in [3.8, 4) is 0 Å². The summed E-state index contributed by atoms with van der Waals surface area (Å²) in [4.78, 5) is 24.4. The summed E-state index contributed by atoms with van der Waals surface area (Å²) in [5.74, 6) is 0. The molecule has 0 radical (unpaired) electrons. The molecule has 0 spiro atoms. The molecule has 1 aromatic rings. The minimum absolute atomic E-state index is 0.207. The van der Waals surface area contributed by atoms with Crippen molar-refractivity contribution < 1.29 is 19.3 Å². The van der Waals surface area contributed by atoms with Gasteiger partial charge in [-0.25, -0.2) is 9.18 Å². The summed E-state index contributed by atoms with van der Waals surface area (Å²) in [6.07, 6.45) is -1.53. The lowest BCUT2D eigenvalue weighted by Gasteiger charge is -2.19. The van der Waals surface area contributed by atoms with Crippen molar-refractivity contribution >= 4 is 0 Å². The van der Waals surface area contributed by atoms with E-state index < -0.39 is 41.5 Å². The van der Waals surface area contributed by atoms with Crippen molar-refractivity contribution in [2.45, 2.75) is 30.0 Å². The van der Waals surface area contributed by atoms with Crippen LogP contribution in [0.1, 0.15) is 12.6 Å². The van der Waals surface area contributed by atoms with E-state index in [1.807, 2.05) is 4.98 Å². The molecule has 2 unspecified atom stereocenters. The summed E-state index contributed by atoms with van der Waals surface area (Å²) in [6, 6.07) is 1.06. The first kappa shape index (κ1) is 11.6.